The van der Waals surface area contributed by atoms with Crippen LogP contribution in [-0.4, -0.2) is 6.36 Å². The average molecular weight is 570 g/mol. The van der Waals surface area contributed by atoms with Gasteiger partial charge in [0.1, 0.15) is 40.5 Å². The van der Waals surface area contributed by atoms with E-state index in [0.29, 0.717) is 12.0 Å². The van der Waals surface area contributed by atoms with Gasteiger partial charge in [0.2, 0.25) is 0 Å². The first-order chi connectivity index (χ1) is 18.1. The number of unbranched alkanes of at least 4 members (excludes halogenated alkanes) is 2. The molecule has 39 heavy (non-hydrogen) atoms. The fourth-order valence-electron chi connectivity index (χ4n) is 4.12. The molecule has 0 saturated carbocycles. The van der Waals surface area contributed by atoms with Gasteiger partial charge in [-0.25, -0.2) is 31.1 Å². The molecule has 0 aromatic heterocycles. The van der Waals surface area contributed by atoms with Gasteiger partial charge in [0.15, 0.2) is 0 Å². The van der Waals surface area contributed by atoms with E-state index >= 15 is 0 Å². The standard InChI is InChI=1S/C27H21F11O/c1-2-3-4-5-14-8-18(28)17(19(29)9-14)7-6-15-10-20(30)24(21(31)11-15)16-12-22(32)25(23(33)13-16)26(34,35)39-27(36,37)38/h8-13H,2-7H2,1H3. The van der Waals surface area contributed by atoms with Crippen molar-refractivity contribution in [1.82, 2.24) is 0 Å². The third kappa shape index (κ3) is 7.49. The van der Waals surface area contributed by atoms with Crippen molar-refractivity contribution < 1.29 is 53.0 Å². The van der Waals surface area contributed by atoms with E-state index in [4.69, 9.17) is 0 Å². The summed E-state index contributed by atoms with van der Waals surface area (Å²) in [4.78, 5) is 0. The van der Waals surface area contributed by atoms with Gasteiger partial charge in [0, 0.05) is 5.56 Å². The molecule has 0 spiro atoms. The van der Waals surface area contributed by atoms with Gasteiger partial charge in [-0.2, -0.15) is 8.78 Å². The maximum Gasteiger partial charge on any atom is 0.527 e. The maximum absolute atomic E-state index is 14.7. The molecule has 0 heterocycles. The summed E-state index contributed by atoms with van der Waals surface area (Å²) >= 11 is 0. The zero-order valence-corrected chi connectivity index (χ0v) is 20.3. The first-order valence-corrected chi connectivity index (χ1v) is 11.7. The molecule has 0 bridgehead atoms. The lowest BCUT2D eigenvalue weighted by molar-refractivity contribution is -0.432. The first kappa shape index (κ1) is 30.4. The second kappa shape index (κ2) is 11.9. The zero-order chi connectivity index (χ0) is 29.1. The van der Waals surface area contributed by atoms with E-state index in [9.17, 15) is 48.3 Å². The van der Waals surface area contributed by atoms with Crippen molar-refractivity contribution in [3.05, 3.63) is 93.6 Å². The fraction of sp³-hybridized carbons (Fsp3) is 0.333. The summed E-state index contributed by atoms with van der Waals surface area (Å²) < 4.78 is 153. The lowest BCUT2D eigenvalue weighted by Gasteiger charge is -2.20. The van der Waals surface area contributed by atoms with E-state index in [-0.39, 0.29) is 36.1 Å². The van der Waals surface area contributed by atoms with Crippen LogP contribution in [0.4, 0.5) is 48.3 Å². The van der Waals surface area contributed by atoms with Gasteiger partial charge < -0.3 is 0 Å². The Kier molecular flexibility index (Phi) is 9.30. The third-order valence-corrected chi connectivity index (χ3v) is 5.90. The van der Waals surface area contributed by atoms with Crippen molar-refractivity contribution in [3.63, 3.8) is 0 Å². The van der Waals surface area contributed by atoms with E-state index in [0.717, 1.165) is 31.4 Å². The van der Waals surface area contributed by atoms with Crippen molar-refractivity contribution in [3.8, 4) is 11.1 Å². The zero-order valence-electron chi connectivity index (χ0n) is 20.3. The van der Waals surface area contributed by atoms with Crippen LogP contribution in [0, 0.1) is 34.9 Å². The minimum atomic E-state index is -5.95. The molecule has 0 atom stereocenters. The van der Waals surface area contributed by atoms with Crippen LogP contribution in [-0.2, 0) is 30.1 Å². The number of rotatable bonds is 10. The predicted molar refractivity (Wildman–Crippen MR) is 120 cm³/mol. The van der Waals surface area contributed by atoms with Crippen molar-refractivity contribution in [2.24, 2.45) is 0 Å². The average Bonchev–Trinajstić information content (AvgIpc) is 2.76. The van der Waals surface area contributed by atoms with Gasteiger partial charge >= 0.3 is 12.5 Å². The van der Waals surface area contributed by atoms with Crippen LogP contribution < -0.4 is 0 Å². The van der Waals surface area contributed by atoms with Crippen molar-refractivity contribution >= 4 is 0 Å². The smallest absolute Gasteiger partial charge is 0.222 e. The molecule has 0 fully saturated rings. The van der Waals surface area contributed by atoms with Gasteiger partial charge in [0.05, 0.1) is 5.56 Å². The van der Waals surface area contributed by atoms with Crippen molar-refractivity contribution in [1.29, 1.82) is 0 Å². The van der Waals surface area contributed by atoms with E-state index in [1.807, 2.05) is 6.92 Å². The Morgan fingerprint density at radius 3 is 1.56 bits per heavy atom. The molecule has 0 aliphatic heterocycles. The number of aryl methyl sites for hydroxylation is 2. The van der Waals surface area contributed by atoms with Crippen LogP contribution in [0.1, 0.15) is 48.4 Å². The number of ether oxygens (including phenoxy) is 1. The monoisotopic (exact) mass is 570 g/mol. The van der Waals surface area contributed by atoms with Crippen LogP contribution in [0.2, 0.25) is 0 Å². The highest BCUT2D eigenvalue weighted by molar-refractivity contribution is 5.66. The van der Waals surface area contributed by atoms with Crippen molar-refractivity contribution in [2.75, 3.05) is 0 Å². The second-order valence-electron chi connectivity index (χ2n) is 8.81. The van der Waals surface area contributed by atoms with Gasteiger partial charge in [-0.3, -0.25) is 0 Å². The van der Waals surface area contributed by atoms with Gasteiger partial charge in [-0.15, -0.1) is 13.2 Å². The SMILES string of the molecule is CCCCCc1cc(F)c(CCc2cc(F)c(-c3cc(F)c(C(F)(F)OC(F)(F)F)c(F)c3)c(F)c2)c(F)c1. The Bertz CT molecular complexity index is 1260. The molecule has 0 radical (unpaired) electrons. The van der Waals surface area contributed by atoms with E-state index in [1.54, 1.807) is 0 Å². The molecule has 0 unspecified atom stereocenters. The summed E-state index contributed by atoms with van der Waals surface area (Å²) in [5.74, 6) is -8.94. The first-order valence-electron chi connectivity index (χ1n) is 11.7. The molecule has 3 rings (SSSR count). The number of halogens is 11. The quantitative estimate of drug-likeness (QED) is 0.174. The predicted octanol–water partition coefficient (Wildman–Crippen LogP) is 9.29. The highest BCUT2D eigenvalue weighted by Crippen LogP contribution is 2.40. The molecule has 3 aromatic rings. The Balaban J connectivity index is 1.84. The number of benzene rings is 3. The van der Waals surface area contributed by atoms with Gasteiger partial charge in [0.25, 0.3) is 0 Å². The minimum absolute atomic E-state index is 0.0278. The molecule has 0 amide bonds. The van der Waals surface area contributed by atoms with E-state index in [2.05, 4.69) is 4.74 Å². The maximum atomic E-state index is 14.7. The Labute approximate surface area is 216 Å². The molecular weight excluding hydrogens is 549 g/mol. The summed E-state index contributed by atoms with van der Waals surface area (Å²) in [7, 11) is 0. The molecule has 1 nitrogen and oxygen atoms in total. The lowest BCUT2D eigenvalue weighted by Crippen LogP contribution is -2.29. The number of alkyl halides is 5. The normalized spacial score (nSPS) is 12.3. The lowest BCUT2D eigenvalue weighted by atomic mass is 9.96. The fourth-order valence-corrected chi connectivity index (χ4v) is 4.12. The molecular formula is C27H21F11O. The molecule has 0 aliphatic carbocycles. The number of hydrogen-bond donors (Lipinski definition) is 0. The molecule has 0 aliphatic rings. The van der Waals surface area contributed by atoms with Crippen LogP contribution >= 0.6 is 0 Å². The van der Waals surface area contributed by atoms with E-state index in [1.165, 1.54) is 12.1 Å². The second-order valence-corrected chi connectivity index (χ2v) is 8.81. The van der Waals surface area contributed by atoms with Crippen LogP contribution in [0.3, 0.4) is 0 Å². The van der Waals surface area contributed by atoms with Crippen LogP contribution in [0.5, 0.6) is 0 Å². The molecule has 12 heteroatoms. The Morgan fingerprint density at radius 2 is 1.08 bits per heavy atom. The van der Waals surface area contributed by atoms with Gasteiger partial charge in [-0.05, 0) is 78.8 Å². The van der Waals surface area contributed by atoms with E-state index < -0.39 is 64.1 Å². The Hall–Kier alpha value is -3.15. The molecule has 3 aromatic carbocycles. The highest BCUT2D eigenvalue weighted by atomic mass is 19.4. The summed E-state index contributed by atoms with van der Waals surface area (Å²) in [5.41, 5.74) is -4.30. The molecule has 0 saturated heterocycles. The summed E-state index contributed by atoms with van der Waals surface area (Å²) in [6.45, 7) is 1.98. The van der Waals surface area contributed by atoms with Crippen LogP contribution in [0.15, 0.2) is 36.4 Å². The van der Waals surface area contributed by atoms with Gasteiger partial charge in [-0.1, -0.05) is 19.8 Å². The highest BCUT2D eigenvalue weighted by Gasteiger charge is 2.49. The van der Waals surface area contributed by atoms with Crippen LogP contribution in [0.25, 0.3) is 11.1 Å². The molecule has 212 valence electrons. The Morgan fingerprint density at radius 1 is 0.590 bits per heavy atom. The largest absolute Gasteiger partial charge is 0.527 e. The summed E-state index contributed by atoms with van der Waals surface area (Å²) in [6.07, 6.45) is -8.88. The summed E-state index contributed by atoms with van der Waals surface area (Å²) in [5, 5.41) is 0. The topological polar surface area (TPSA) is 9.23 Å². The van der Waals surface area contributed by atoms with Crippen molar-refractivity contribution in [2.45, 2.75) is 57.9 Å². The summed E-state index contributed by atoms with van der Waals surface area (Å²) in [6, 6.07) is 3.87. The third-order valence-electron chi connectivity index (χ3n) is 5.90. The number of hydrogen-bond acceptors (Lipinski definition) is 1. The minimum Gasteiger partial charge on any atom is -0.222 e. The molecule has 0 N–H and O–H groups in total.